The van der Waals surface area contributed by atoms with E-state index in [1.165, 1.54) is 30.5 Å². The Bertz CT molecular complexity index is 910. The third-order valence-corrected chi connectivity index (χ3v) is 5.32. The highest BCUT2D eigenvalue weighted by Gasteiger charge is 2.34. The minimum absolute atomic E-state index is 0.0185. The van der Waals surface area contributed by atoms with E-state index in [1.807, 2.05) is 0 Å². The van der Waals surface area contributed by atoms with Gasteiger partial charge in [-0.3, -0.25) is 14.6 Å². The summed E-state index contributed by atoms with van der Waals surface area (Å²) in [6.45, 7) is 0.987. The predicted molar refractivity (Wildman–Crippen MR) is 112 cm³/mol. The van der Waals surface area contributed by atoms with Crippen molar-refractivity contribution in [2.45, 2.75) is 31.2 Å². The molecule has 1 saturated heterocycles. The van der Waals surface area contributed by atoms with Gasteiger partial charge < -0.3 is 25.6 Å². The number of carbonyl (C=O) groups excluding carboxylic acids is 2. The average molecular weight is 434 g/mol. The van der Waals surface area contributed by atoms with Crippen LogP contribution < -0.4 is 10.6 Å². The molecule has 1 aromatic carbocycles. The van der Waals surface area contributed by atoms with Crippen LogP contribution in [0.2, 0.25) is 5.02 Å². The number of nitrogens with zero attached hydrogens (tertiary/aromatic N) is 1. The number of anilines is 1. The molecule has 0 spiro atoms. The molecule has 4 N–H and O–H groups in total. The number of aliphatic hydroxyl groups is 1. The molecule has 3 rings (SSSR count). The number of pyridine rings is 1. The molecule has 0 unspecified atom stereocenters. The molecule has 160 valence electrons. The van der Waals surface area contributed by atoms with E-state index in [0.29, 0.717) is 48.7 Å². The molecule has 8 nitrogen and oxygen atoms in total. The molecule has 0 atom stereocenters. The molecule has 0 aliphatic carbocycles. The average Bonchev–Trinajstić information content (AvgIpc) is 2.71. The van der Waals surface area contributed by atoms with Crippen LogP contribution in [0.5, 0.6) is 5.75 Å². The Balaban J connectivity index is 1.67. The van der Waals surface area contributed by atoms with Gasteiger partial charge in [0.15, 0.2) is 0 Å². The Morgan fingerprint density at radius 1 is 1.20 bits per heavy atom. The maximum atomic E-state index is 12.7. The van der Waals surface area contributed by atoms with Crippen molar-refractivity contribution in [1.82, 2.24) is 10.3 Å². The number of aromatic hydroxyl groups is 1. The molecule has 9 heteroatoms. The molecule has 2 aromatic rings. The van der Waals surface area contributed by atoms with Crippen LogP contribution >= 0.6 is 11.6 Å². The molecule has 2 heterocycles. The van der Waals surface area contributed by atoms with Crippen LogP contribution in [-0.4, -0.2) is 52.4 Å². The highest BCUT2D eigenvalue weighted by Crippen LogP contribution is 2.25. The van der Waals surface area contributed by atoms with Crippen molar-refractivity contribution in [2.75, 3.05) is 25.1 Å². The quantitative estimate of drug-likeness (QED) is 0.531. The van der Waals surface area contributed by atoms with E-state index in [9.17, 15) is 19.8 Å². The number of phenols is 1. The summed E-state index contributed by atoms with van der Waals surface area (Å²) in [4.78, 5) is 29.2. The summed E-state index contributed by atoms with van der Waals surface area (Å²) in [5, 5.41) is 25.3. The molecule has 0 radical (unpaired) electrons. The molecule has 0 bridgehead atoms. The van der Waals surface area contributed by atoms with Crippen LogP contribution in [0.1, 0.15) is 35.3 Å². The summed E-state index contributed by atoms with van der Waals surface area (Å²) in [5.41, 5.74) is 0.430. The number of phenolic OH excluding ortho intramolecular Hbond substituents is 1. The first-order valence-electron chi connectivity index (χ1n) is 9.65. The van der Waals surface area contributed by atoms with Crippen LogP contribution in [-0.2, 0) is 16.0 Å². The van der Waals surface area contributed by atoms with Gasteiger partial charge in [0.05, 0.1) is 6.42 Å². The van der Waals surface area contributed by atoms with Crippen LogP contribution in [0.15, 0.2) is 36.5 Å². The fourth-order valence-corrected chi connectivity index (χ4v) is 3.62. The molecule has 1 aromatic heterocycles. The van der Waals surface area contributed by atoms with Gasteiger partial charge in [-0.05, 0) is 49.6 Å². The fourth-order valence-electron chi connectivity index (χ4n) is 3.42. The number of halogens is 1. The van der Waals surface area contributed by atoms with Crippen LogP contribution in [0, 0.1) is 0 Å². The van der Waals surface area contributed by atoms with Gasteiger partial charge in [0.25, 0.3) is 5.91 Å². The second-order valence-electron chi connectivity index (χ2n) is 7.25. The standard InChI is InChI=1S/C21H24ClN3O5/c22-15-1-2-18(27)14(11-15)12-19(28)24-16-3-7-23-17(13-16)20(29)25-21(4-8-26)5-9-30-10-6-21/h1-3,7,11,13,26-27H,4-6,8-10,12H2,(H,25,29)(H,23,24,28). The lowest BCUT2D eigenvalue weighted by atomic mass is 9.86. The number of ether oxygens (including phenoxy) is 1. The van der Waals surface area contributed by atoms with Gasteiger partial charge in [0.2, 0.25) is 5.91 Å². The van der Waals surface area contributed by atoms with Gasteiger partial charge in [-0.1, -0.05) is 11.6 Å². The summed E-state index contributed by atoms with van der Waals surface area (Å²) in [5.74, 6) is -0.768. The van der Waals surface area contributed by atoms with Crippen molar-refractivity contribution in [3.8, 4) is 5.75 Å². The molecular weight excluding hydrogens is 410 g/mol. The van der Waals surface area contributed by atoms with Crippen molar-refractivity contribution >= 4 is 29.1 Å². The van der Waals surface area contributed by atoms with Gasteiger partial charge in [0, 0.05) is 47.8 Å². The summed E-state index contributed by atoms with van der Waals surface area (Å²) in [6.07, 6.45) is 3.01. The number of hydrogen-bond acceptors (Lipinski definition) is 6. The third-order valence-electron chi connectivity index (χ3n) is 5.09. The molecule has 1 aliphatic rings. The van der Waals surface area contributed by atoms with Crippen molar-refractivity contribution in [3.63, 3.8) is 0 Å². The maximum absolute atomic E-state index is 12.7. The second-order valence-corrected chi connectivity index (χ2v) is 7.68. The molecule has 1 aliphatic heterocycles. The molecular formula is C21H24ClN3O5. The first-order valence-corrected chi connectivity index (χ1v) is 10.0. The number of rotatable bonds is 7. The van der Waals surface area contributed by atoms with E-state index in [0.717, 1.165) is 0 Å². The Morgan fingerprint density at radius 3 is 2.70 bits per heavy atom. The maximum Gasteiger partial charge on any atom is 0.270 e. The lowest BCUT2D eigenvalue weighted by Crippen LogP contribution is -2.52. The van der Waals surface area contributed by atoms with Crippen LogP contribution in [0.4, 0.5) is 5.69 Å². The van der Waals surface area contributed by atoms with Crippen molar-refractivity contribution in [3.05, 3.63) is 52.8 Å². The van der Waals surface area contributed by atoms with Crippen LogP contribution in [0.3, 0.4) is 0 Å². The highest BCUT2D eigenvalue weighted by atomic mass is 35.5. The van der Waals surface area contributed by atoms with Gasteiger partial charge in [0.1, 0.15) is 11.4 Å². The van der Waals surface area contributed by atoms with Gasteiger partial charge in [-0.25, -0.2) is 0 Å². The van der Waals surface area contributed by atoms with Gasteiger partial charge in [-0.2, -0.15) is 0 Å². The van der Waals surface area contributed by atoms with E-state index in [4.69, 9.17) is 16.3 Å². The number of aliphatic hydroxyl groups excluding tert-OH is 1. The topological polar surface area (TPSA) is 121 Å². The van der Waals surface area contributed by atoms with E-state index >= 15 is 0 Å². The summed E-state index contributed by atoms with van der Waals surface area (Å²) in [7, 11) is 0. The second kappa shape index (κ2) is 9.88. The minimum atomic E-state index is -0.533. The zero-order valence-electron chi connectivity index (χ0n) is 16.4. The fraction of sp³-hybridized carbons (Fsp3) is 0.381. The van der Waals surface area contributed by atoms with Crippen LogP contribution in [0.25, 0.3) is 0 Å². The van der Waals surface area contributed by atoms with Crippen molar-refractivity contribution < 1.29 is 24.5 Å². The molecule has 0 saturated carbocycles. The van der Waals surface area contributed by atoms with E-state index in [1.54, 1.807) is 6.07 Å². The third kappa shape index (κ3) is 5.69. The Labute approximate surface area is 179 Å². The first-order chi connectivity index (χ1) is 14.4. The smallest absolute Gasteiger partial charge is 0.270 e. The monoisotopic (exact) mass is 433 g/mol. The first kappa shape index (κ1) is 22.0. The minimum Gasteiger partial charge on any atom is -0.508 e. The largest absolute Gasteiger partial charge is 0.508 e. The summed E-state index contributed by atoms with van der Waals surface area (Å²) in [6, 6.07) is 7.55. The van der Waals surface area contributed by atoms with Crippen molar-refractivity contribution in [2.24, 2.45) is 0 Å². The zero-order chi connectivity index (χ0) is 21.6. The Morgan fingerprint density at radius 2 is 1.97 bits per heavy atom. The Kier molecular flexibility index (Phi) is 7.25. The zero-order valence-corrected chi connectivity index (χ0v) is 17.1. The highest BCUT2D eigenvalue weighted by molar-refractivity contribution is 6.30. The van der Waals surface area contributed by atoms with Gasteiger partial charge >= 0.3 is 0 Å². The number of aromatic nitrogens is 1. The lowest BCUT2D eigenvalue weighted by molar-refractivity contribution is -0.115. The lowest BCUT2D eigenvalue weighted by Gasteiger charge is -2.37. The SMILES string of the molecule is O=C(Cc1cc(Cl)ccc1O)Nc1ccnc(C(=O)NC2(CCO)CCOCC2)c1. The molecule has 30 heavy (non-hydrogen) atoms. The van der Waals surface area contributed by atoms with E-state index < -0.39 is 5.54 Å². The number of nitrogens with one attached hydrogen (secondary N) is 2. The van der Waals surface area contributed by atoms with Crippen molar-refractivity contribution in [1.29, 1.82) is 0 Å². The number of amides is 2. The number of carbonyl (C=O) groups is 2. The summed E-state index contributed by atoms with van der Waals surface area (Å²) < 4.78 is 5.36. The molecule has 1 fully saturated rings. The van der Waals surface area contributed by atoms with E-state index in [2.05, 4.69) is 15.6 Å². The Hall–Kier alpha value is -2.68. The predicted octanol–water partition coefficient (Wildman–Crippen LogP) is 2.28. The van der Waals surface area contributed by atoms with Gasteiger partial charge in [-0.15, -0.1) is 0 Å². The normalized spacial score (nSPS) is 15.4. The number of benzene rings is 1. The number of hydrogen-bond donors (Lipinski definition) is 4. The van der Waals surface area contributed by atoms with E-state index in [-0.39, 0.29) is 36.3 Å². The summed E-state index contributed by atoms with van der Waals surface area (Å²) >= 11 is 5.91. The molecule has 2 amide bonds.